The van der Waals surface area contributed by atoms with E-state index in [0.29, 0.717) is 11.8 Å². The maximum Gasteiger partial charge on any atom is 0.259 e. The Labute approximate surface area is 432 Å². The van der Waals surface area contributed by atoms with Gasteiger partial charge in [-0.1, -0.05) is 264 Å². The lowest BCUT2D eigenvalue weighted by Crippen LogP contribution is -2.35. The Bertz CT molecular complexity index is 1890. The van der Waals surface area contributed by atoms with Gasteiger partial charge in [-0.05, 0) is 85.0 Å². The second kappa shape index (κ2) is 32.3. The van der Waals surface area contributed by atoms with E-state index < -0.39 is 0 Å². The van der Waals surface area contributed by atoms with Crippen LogP contribution in [-0.4, -0.2) is 24.9 Å². The van der Waals surface area contributed by atoms with Gasteiger partial charge in [0.15, 0.2) is 0 Å². The lowest BCUT2D eigenvalue weighted by Gasteiger charge is -2.27. The van der Waals surface area contributed by atoms with E-state index in [1.165, 1.54) is 180 Å². The van der Waals surface area contributed by atoms with Crippen molar-refractivity contribution in [1.82, 2.24) is 0 Å². The first-order chi connectivity index (χ1) is 33.3. The average molecular weight is 1060 g/mol. The van der Waals surface area contributed by atoms with Crippen molar-refractivity contribution in [3.05, 3.63) is 91.2 Å². The number of carbonyl (C=O) groups is 2. The molecule has 0 N–H and O–H groups in total. The first-order valence-corrected chi connectivity index (χ1v) is 30.0. The van der Waals surface area contributed by atoms with Gasteiger partial charge in [0.1, 0.15) is 0 Å². The van der Waals surface area contributed by atoms with Crippen molar-refractivity contribution in [2.45, 2.75) is 233 Å². The quantitative estimate of drug-likeness (QED) is 0.0537. The summed E-state index contributed by atoms with van der Waals surface area (Å²) in [7, 11) is 0. The molecular weight excluding hydrogens is 965 g/mol. The van der Waals surface area contributed by atoms with Crippen LogP contribution in [0.15, 0.2) is 69.6 Å². The largest absolute Gasteiger partial charge is 0.307 e. The number of hydrogen-bond acceptors (Lipinski definition) is 2. The van der Waals surface area contributed by atoms with Gasteiger partial charge in [-0.2, -0.15) is 0 Å². The van der Waals surface area contributed by atoms with E-state index in [4.69, 9.17) is 0 Å². The zero-order valence-corrected chi connectivity index (χ0v) is 46.6. The van der Waals surface area contributed by atoms with E-state index in [0.717, 1.165) is 91.8 Å². The zero-order valence-electron chi connectivity index (χ0n) is 43.4. The van der Waals surface area contributed by atoms with Gasteiger partial charge in [0.25, 0.3) is 11.8 Å². The van der Waals surface area contributed by atoms with E-state index in [9.17, 15) is 0 Å². The molecule has 2 amide bonds. The second-order valence-electron chi connectivity index (χ2n) is 20.9. The van der Waals surface area contributed by atoms with Gasteiger partial charge in [0.05, 0.1) is 22.5 Å². The number of halogens is 2. The number of carbonyl (C=O) groups excluding carboxylic acids is 2. The normalized spacial score (nSPS) is 14.4. The third-order valence-corrected chi connectivity index (χ3v) is 16.2. The molecule has 3 aromatic carbocycles. The first kappa shape index (κ1) is 56.2. The number of unbranched alkanes of at least 4 members (excludes halogenated alkanes) is 24. The standard InChI is InChI=1S/C62H92Br2N2O2/c1-5-9-13-17-21-23-27-31-35-49(33-29-25-19-15-11-7-3)47-65-57-45-56-58(46-55(57)59(61(65)67)51-37-41-53(63)42-38-51)66(62(68)60(56)52-39-43-54(64)44-40-52)48-50(34-30-26-20-16-12-8-4)36-32-28-24-22-18-14-10-6-2/h37-46,49-50H,5-36,47-48H2,1-4H3. The molecule has 2 atom stereocenters. The minimum absolute atomic E-state index is 0.105. The molecule has 2 aliphatic rings. The summed E-state index contributed by atoms with van der Waals surface area (Å²) < 4.78 is 2.00. The fourth-order valence-corrected chi connectivity index (χ4v) is 11.6. The van der Waals surface area contributed by atoms with Gasteiger partial charge < -0.3 is 9.80 Å². The Morgan fingerprint density at radius 3 is 0.882 bits per heavy atom. The van der Waals surface area contributed by atoms with Gasteiger partial charge in [0.2, 0.25) is 0 Å². The molecule has 376 valence electrons. The molecule has 2 heterocycles. The Morgan fingerprint density at radius 1 is 0.368 bits per heavy atom. The molecule has 0 radical (unpaired) electrons. The number of rotatable bonds is 38. The van der Waals surface area contributed by atoms with E-state index in [-0.39, 0.29) is 11.8 Å². The summed E-state index contributed by atoms with van der Waals surface area (Å²) in [5.74, 6) is 1.08. The molecular formula is C62H92Br2N2O2. The molecule has 2 unspecified atom stereocenters. The molecule has 0 saturated carbocycles. The number of nitrogens with zero attached hydrogens (tertiary/aromatic N) is 2. The lowest BCUT2D eigenvalue weighted by molar-refractivity contribution is -0.114. The Balaban J connectivity index is 1.50. The van der Waals surface area contributed by atoms with Gasteiger partial charge in [0, 0.05) is 32.5 Å². The van der Waals surface area contributed by atoms with Crippen LogP contribution in [0.2, 0.25) is 0 Å². The highest BCUT2D eigenvalue weighted by Gasteiger charge is 2.37. The monoisotopic (exact) mass is 1050 g/mol. The molecule has 6 heteroatoms. The first-order valence-electron chi connectivity index (χ1n) is 28.4. The van der Waals surface area contributed by atoms with E-state index in [1.807, 2.05) is 0 Å². The van der Waals surface area contributed by atoms with Crippen LogP contribution >= 0.6 is 31.9 Å². The molecule has 0 aliphatic carbocycles. The minimum atomic E-state index is 0.105. The molecule has 3 aromatic rings. The van der Waals surface area contributed by atoms with Crippen LogP contribution < -0.4 is 20.2 Å². The van der Waals surface area contributed by atoms with Gasteiger partial charge in [-0.25, -0.2) is 0 Å². The highest BCUT2D eigenvalue weighted by Crippen LogP contribution is 2.35. The third-order valence-electron chi connectivity index (χ3n) is 15.2. The summed E-state index contributed by atoms with van der Waals surface area (Å²) >= 11 is 7.34. The Morgan fingerprint density at radius 2 is 0.618 bits per heavy atom. The molecule has 0 bridgehead atoms. The lowest BCUT2D eigenvalue weighted by atomic mass is 9.93. The maximum atomic E-state index is 15.2. The fraction of sp³-hybridized carbons (Fsp3) is 0.645. The Kier molecular flexibility index (Phi) is 26.7. The third kappa shape index (κ3) is 17.9. The van der Waals surface area contributed by atoms with Crippen molar-refractivity contribution in [2.75, 3.05) is 22.9 Å². The van der Waals surface area contributed by atoms with Crippen molar-refractivity contribution in [2.24, 2.45) is 11.8 Å². The van der Waals surface area contributed by atoms with Crippen LogP contribution in [0.3, 0.4) is 0 Å². The minimum Gasteiger partial charge on any atom is -0.307 e. The van der Waals surface area contributed by atoms with Crippen LogP contribution in [0.25, 0.3) is 11.1 Å². The highest BCUT2D eigenvalue weighted by atomic mass is 79.9. The number of fused-ring (bicyclic) bond motifs is 2. The van der Waals surface area contributed by atoms with E-state index in [1.54, 1.807) is 0 Å². The van der Waals surface area contributed by atoms with Gasteiger partial charge in [-0.3, -0.25) is 9.59 Å². The summed E-state index contributed by atoms with van der Waals surface area (Å²) in [6.07, 6.45) is 41.0. The molecule has 0 saturated heterocycles. The molecule has 0 aromatic heterocycles. The molecule has 4 nitrogen and oxygen atoms in total. The molecule has 5 rings (SSSR count). The van der Waals surface area contributed by atoms with Crippen molar-refractivity contribution in [3.8, 4) is 0 Å². The summed E-state index contributed by atoms with van der Waals surface area (Å²) in [4.78, 5) is 34.7. The van der Waals surface area contributed by atoms with Gasteiger partial charge >= 0.3 is 0 Å². The molecule has 2 aliphatic heterocycles. The van der Waals surface area contributed by atoms with E-state index in [2.05, 4.69) is 130 Å². The number of amides is 2. The van der Waals surface area contributed by atoms with E-state index >= 15 is 9.59 Å². The molecule has 68 heavy (non-hydrogen) atoms. The highest BCUT2D eigenvalue weighted by molar-refractivity contribution is 9.10. The van der Waals surface area contributed by atoms with Crippen molar-refractivity contribution in [3.63, 3.8) is 0 Å². The van der Waals surface area contributed by atoms with Crippen LogP contribution in [-0.2, 0) is 9.59 Å². The van der Waals surface area contributed by atoms with Crippen LogP contribution in [0, 0.1) is 11.8 Å². The summed E-state index contributed by atoms with van der Waals surface area (Å²) in [5.41, 5.74) is 5.38. The van der Waals surface area contributed by atoms with Crippen molar-refractivity contribution in [1.29, 1.82) is 0 Å². The van der Waals surface area contributed by atoms with Crippen molar-refractivity contribution < 1.29 is 9.59 Å². The SMILES string of the molecule is CCCCCCCCCCC(CCCCCCCC)CN1C(=O)C(c2ccc(Br)cc2)=c2cc3c(cc21)=C(c1ccc(Br)cc1)C(=O)N3CC(CCCCCCCC)CCCCCCCCCC. The summed E-state index contributed by atoms with van der Waals surface area (Å²) in [6.45, 7) is 10.6. The number of anilines is 2. The number of benzene rings is 3. The smallest absolute Gasteiger partial charge is 0.259 e. The fourth-order valence-electron chi connectivity index (χ4n) is 11.0. The summed E-state index contributed by atoms with van der Waals surface area (Å²) in [6, 6.07) is 21.1. The zero-order chi connectivity index (χ0) is 48.4. The van der Waals surface area contributed by atoms with Crippen LogP contribution in [0.4, 0.5) is 11.4 Å². The van der Waals surface area contributed by atoms with Crippen LogP contribution in [0.1, 0.15) is 244 Å². The van der Waals surface area contributed by atoms with Gasteiger partial charge in [-0.15, -0.1) is 0 Å². The molecule has 0 fully saturated rings. The average Bonchev–Trinajstić information content (AvgIpc) is 3.76. The molecule has 0 spiro atoms. The summed E-state index contributed by atoms with van der Waals surface area (Å²) in [5, 5.41) is 1.96. The predicted octanol–water partition coefficient (Wildman–Crippen LogP) is 18.1. The maximum absolute atomic E-state index is 15.2. The topological polar surface area (TPSA) is 40.6 Å². The Hall–Kier alpha value is -2.70. The number of hydrogen-bond donors (Lipinski definition) is 0. The van der Waals surface area contributed by atoms with Crippen LogP contribution in [0.5, 0.6) is 0 Å². The second-order valence-corrected chi connectivity index (χ2v) is 22.7. The predicted molar refractivity (Wildman–Crippen MR) is 301 cm³/mol. The van der Waals surface area contributed by atoms with Crippen molar-refractivity contribution >= 4 is 66.2 Å².